The normalized spacial score (nSPS) is 15.9. The molecule has 116 valence electrons. The fourth-order valence-corrected chi connectivity index (χ4v) is 3.36. The Morgan fingerprint density at radius 2 is 1.91 bits per heavy atom. The highest BCUT2D eigenvalue weighted by molar-refractivity contribution is 7.09. The van der Waals surface area contributed by atoms with Crippen molar-refractivity contribution in [1.82, 2.24) is 14.4 Å². The first-order valence-electron chi connectivity index (χ1n) is 7.40. The SMILES string of the molecule is O=C(Cn1ccccc1=O)N1CCN(Cc2cccs2)CC1. The first-order valence-corrected chi connectivity index (χ1v) is 8.28. The van der Waals surface area contributed by atoms with Crippen LogP contribution in [0.25, 0.3) is 0 Å². The van der Waals surface area contributed by atoms with E-state index >= 15 is 0 Å². The van der Waals surface area contributed by atoms with E-state index in [4.69, 9.17) is 0 Å². The number of pyridine rings is 1. The molecule has 0 saturated carbocycles. The van der Waals surface area contributed by atoms with E-state index in [9.17, 15) is 9.59 Å². The van der Waals surface area contributed by atoms with Gasteiger partial charge in [0.1, 0.15) is 6.54 Å². The zero-order valence-corrected chi connectivity index (χ0v) is 13.2. The summed E-state index contributed by atoms with van der Waals surface area (Å²) in [5.41, 5.74) is -0.132. The molecule has 0 spiro atoms. The summed E-state index contributed by atoms with van der Waals surface area (Å²) in [6.45, 7) is 4.31. The maximum absolute atomic E-state index is 12.3. The fourth-order valence-electron chi connectivity index (χ4n) is 2.62. The van der Waals surface area contributed by atoms with E-state index < -0.39 is 0 Å². The van der Waals surface area contributed by atoms with Crippen LogP contribution in [-0.2, 0) is 17.9 Å². The number of carbonyl (C=O) groups excluding carboxylic acids is 1. The number of aromatic nitrogens is 1. The van der Waals surface area contributed by atoms with Gasteiger partial charge in [-0.1, -0.05) is 12.1 Å². The first-order chi connectivity index (χ1) is 10.7. The zero-order valence-electron chi connectivity index (χ0n) is 12.4. The Morgan fingerprint density at radius 1 is 1.09 bits per heavy atom. The predicted octanol–water partition coefficient (Wildman–Crippen LogP) is 1.25. The Balaban J connectivity index is 1.51. The van der Waals surface area contributed by atoms with Crippen molar-refractivity contribution >= 4 is 17.2 Å². The van der Waals surface area contributed by atoms with E-state index in [-0.39, 0.29) is 18.0 Å². The highest BCUT2D eigenvalue weighted by Crippen LogP contribution is 2.13. The van der Waals surface area contributed by atoms with Gasteiger partial charge in [0.25, 0.3) is 5.56 Å². The average Bonchev–Trinajstić information content (AvgIpc) is 3.03. The molecule has 0 bridgehead atoms. The number of thiophene rings is 1. The molecule has 1 fully saturated rings. The molecular formula is C16H19N3O2S. The summed E-state index contributed by atoms with van der Waals surface area (Å²) >= 11 is 1.77. The van der Waals surface area contributed by atoms with Crippen molar-refractivity contribution in [2.24, 2.45) is 0 Å². The minimum absolute atomic E-state index is 0.0177. The van der Waals surface area contributed by atoms with Crippen molar-refractivity contribution in [2.75, 3.05) is 26.2 Å². The number of nitrogens with zero attached hydrogens (tertiary/aromatic N) is 3. The Labute approximate surface area is 133 Å². The number of rotatable bonds is 4. The molecule has 0 aromatic carbocycles. The molecule has 6 heteroatoms. The topological polar surface area (TPSA) is 45.6 Å². The van der Waals surface area contributed by atoms with E-state index in [0.29, 0.717) is 0 Å². The van der Waals surface area contributed by atoms with E-state index in [1.54, 1.807) is 29.7 Å². The van der Waals surface area contributed by atoms with Crippen LogP contribution in [0.4, 0.5) is 0 Å². The van der Waals surface area contributed by atoms with Crippen molar-refractivity contribution in [3.8, 4) is 0 Å². The van der Waals surface area contributed by atoms with Gasteiger partial charge in [0.2, 0.25) is 5.91 Å². The highest BCUT2D eigenvalue weighted by Gasteiger charge is 2.21. The second kappa shape index (κ2) is 6.89. The Hall–Kier alpha value is -1.92. The fraction of sp³-hybridized carbons (Fsp3) is 0.375. The van der Waals surface area contributed by atoms with Gasteiger partial charge >= 0.3 is 0 Å². The third-order valence-electron chi connectivity index (χ3n) is 3.89. The minimum atomic E-state index is -0.132. The standard InChI is InChI=1S/C16H19N3O2S/c20-15-5-1-2-6-19(15)13-16(21)18-9-7-17(8-10-18)12-14-4-3-11-22-14/h1-6,11H,7-10,12-13H2. The lowest BCUT2D eigenvalue weighted by molar-refractivity contribution is -0.133. The molecule has 1 amide bonds. The van der Waals surface area contributed by atoms with Crippen LogP contribution < -0.4 is 5.56 Å². The summed E-state index contributed by atoms with van der Waals surface area (Å²) in [7, 11) is 0. The number of amides is 1. The number of piperazine rings is 1. The molecular weight excluding hydrogens is 298 g/mol. The van der Waals surface area contributed by atoms with Crippen LogP contribution in [-0.4, -0.2) is 46.5 Å². The van der Waals surface area contributed by atoms with Gasteiger partial charge in [-0.15, -0.1) is 11.3 Å². The van der Waals surface area contributed by atoms with Crippen LogP contribution in [0.3, 0.4) is 0 Å². The maximum atomic E-state index is 12.3. The van der Waals surface area contributed by atoms with E-state index in [2.05, 4.69) is 22.4 Å². The molecule has 5 nitrogen and oxygen atoms in total. The lowest BCUT2D eigenvalue weighted by atomic mass is 10.3. The van der Waals surface area contributed by atoms with Crippen molar-refractivity contribution in [2.45, 2.75) is 13.1 Å². The molecule has 1 aliphatic rings. The Kier molecular flexibility index (Phi) is 4.70. The van der Waals surface area contributed by atoms with Crippen LogP contribution in [0.5, 0.6) is 0 Å². The summed E-state index contributed by atoms with van der Waals surface area (Å²) in [5.74, 6) is 0.0177. The maximum Gasteiger partial charge on any atom is 0.250 e. The van der Waals surface area contributed by atoms with Gasteiger partial charge in [0.15, 0.2) is 0 Å². The molecule has 2 aromatic heterocycles. The van der Waals surface area contributed by atoms with Gasteiger partial charge in [0, 0.05) is 49.9 Å². The number of hydrogen-bond donors (Lipinski definition) is 0. The molecule has 1 aliphatic heterocycles. The molecule has 3 rings (SSSR count). The van der Waals surface area contributed by atoms with Crippen LogP contribution in [0.1, 0.15) is 4.88 Å². The molecule has 3 heterocycles. The number of carbonyl (C=O) groups is 1. The summed E-state index contributed by atoms with van der Waals surface area (Å²) in [5, 5.41) is 2.09. The molecule has 0 aliphatic carbocycles. The van der Waals surface area contributed by atoms with Crippen molar-refractivity contribution in [3.63, 3.8) is 0 Å². The average molecular weight is 317 g/mol. The summed E-state index contributed by atoms with van der Waals surface area (Å²) in [4.78, 5) is 29.5. The van der Waals surface area contributed by atoms with Gasteiger partial charge in [-0.2, -0.15) is 0 Å². The first kappa shape index (κ1) is 15.0. The van der Waals surface area contributed by atoms with E-state index in [0.717, 1.165) is 32.7 Å². The zero-order chi connectivity index (χ0) is 15.4. The van der Waals surface area contributed by atoms with Gasteiger partial charge in [-0.25, -0.2) is 0 Å². The van der Waals surface area contributed by atoms with E-state index in [1.807, 2.05) is 4.90 Å². The molecule has 0 atom stereocenters. The van der Waals surface area contributed by atoms with Crippen molar-refractivity contribution < 1.29 is 4.79 Å². The van der Waals surface area contributed by atoms with Crippen LogP contribution in [0.15, 0.2) is 46.7 Å². The smallest absolute Gasteiger partial charge is 0.250 e. The van der Waals surface area contributed by atoms with Crippen molar-refractivity contribution in [1.29, 1.82) is 0 Å². The van der Waals surface area contributed by atoms with Gasteiger partial charge < -0.3 is 9.47 Å². The highest BCUT2D eigenvalue weighted by atomic mass is 32.1. The van der Waals surface area contributed by atoms with Crippen LogP contribution in [0, 0.1) is 0 Å². The van der Waals surface area contributed by atoms with Crippen LogP contribution in [0.2, 0.25) is 0 Å². The summed E-state index contributed by atoms with van der Waals surface area (Å²) in [6.07, 6.45) is 1.66. The Morgan fingerprint density at radius 3 is 2.59 bits per heavy atom. The minimum Gasteiger partial charge on any atom is -0.339 e. The lowest BCUT2D eigenvalue weighted by Crippen LogP contribution is -2.49. The van der Waals surface area contributed by atoms with Crippen molar-refractivity contribution in [3.05, 3.63) is 57.1 Å². The predicted molar refractivity (Wildman–Crippen MR) is 86.9 cm³/mol. The molecule has 0 N–H and O–H groups in total. The molecule has 2 aromatic rings. The van der Waals surface area contributed by atoms with Gasteiger partial charge in [-0.05, 0) is 17.5 Å². The second-order valence-corrected chi connectivity index (χ2v) is 6.44. The lowest BCUT2D eigenvalue weighted by Gasteiger charge is -2.34. The molecule has 1 saturated heterocycles. The monoisotopic (exact) mass is 317 g/mol. The second-order valence-electron chi connectivity index (χ2n) is 5.40. The molecule has 0 radical (unpaired) electrons. The largest absolute Gasteiger partial charge is 0.339 e. The van der Waals surface area contributed by atoms with E-state index in [1.165, 1.54) is 15.5 Å². The third-order valence-corrected chi connectivity index (χ3v) is 4.75. The van der Waals surface area contributed by atoms with Gasteiger partial charge in [0.05, 0.1) is 0 Å². The quantitative estimate of drug-likeness (QED) is 0.853. The Bertz CT molecular complexity index is 673. The molecule has 0 unspecified atom stereocenters. The number of hydrogen-bond acceptors (Lipinski definition) is 4. The summed E-state index contributed by atoms with van der Waals surface area (Å²) in [6, 6.07) is 9.15. The van der Waals surface area contributed by atoms with Crippen LogP contribution >= 0.6 is 11.3 Å². The summed E-state index contributed by atoms with van der Waals surface area (Å²) < 4.78 is 1.46. The molecule has 22 heavy (non-hydrogen) atoms. The van der Waals surface area contributed by atoms with Gasteiger partial charge in [-0.3, -0.25) is 14.5 Å². The third kappa shape index (κ3) is 3.64.